The van der Waals surface area contributed by atoms with Gasteiger partial charge in [-0.1, -0.05) is 61.9 Å². The average Bonchev–Trinajstić information content (AvgIpc) is 2.91. The molecule has 36 heavy (non-hydrogen) atoms. The topological polar surface area (TPSA) is 97.0 Å². The number of benzene rings is 3. The zero-order valence-electron chi connectivity index (χ0n) is 21.7. The van der Waals surface area contributed by atoms with E-state index in [2.05, 4.69) is 66.3 Å². The van der Waals surface area contributed by atoms with Gasteiger partial charge in [0.05, 0.1) is 19.4 Å². The molecule has 3 aromatic rings. The van der Waals surface area contributed by atoms with E-state index in [0.717, 1.165) is 15.6 Å². The third-order valence-electron chi connectivity index (χ3n) is 5.98. The van der Waals surface area contributed by atoms with Crippen molar-refractivity contribution in [1.29, 1.82) is 0 Å². The Morgan fingerprint density at radius 2 is 1.72 bits per heavy atom. The summed E-state index contributed by atoms with van der Waals surface area (Å²) in [6.45, 7) is 7.50. The highest BCUT2D eigenvalue weighted by Gasteiger charge is 2.16. The van der Waals surface area contributed by atoms with Gasteiger partial charge in [-0.05, 0) is 59.3 Å². The lowest BCUT2D eigenvalue weighted by molar-refractivity contribution is 0.258. The summed E-state index contributed by atoms with van der Waals surface area (Å²) >= 11 is 3.51. The highest BCUT2D eigenvalue weighted by Crippen LogP contribution is 2.39. The van der Waals surface area contributed by atoms with E-state index in [4.69, 9.17) is 20.3 Å². The van der Waals surface area contributed by atoms with Gasteiger partial charge in [0, 0.05) is 28.8 Å². The van der Waals surface area contributed by atoms with Crippen molar-refractivity contribution in [3.63, 3.8) is 0 Å². The van der Waals surface area contributed by atoms with Gasteiger partial charge in [-0.15, -0.1) is 0 Å². The summed E-state index contributed by atoms with van der Waals surface area (Å²) in [4.78, 5) is 0. The molecule has 0 radical (unpaired) electrons. The standard InChI is InChI=1S/C18H23BrN2O4.C11H16/c1-24-15-9-13(11-25-14-6-3-2-5-12(14)10-23)16(19)17(20)18(15)21-7-4-8-22;1-4-10(3)11-7-5-9(2)6-8-11/h2-3,5-6,9,21-23H,4,7-8,10-11,20H2,1H3;5-8,10H,4H2,1-3H3. The molecule has 6 nitrogen and oxygen atoms in total. The number of anilines is 2. The third-order valence-corrected chi connectivity index (χ3v) is 6.92. The molecule has 1 atom stereocenters. The van der Waals surface area contributed by atoms with Crippen LogP contribution in [0.2, 0.25) is 0 Å². The molecule has 0 saturated heterocycles. The average molecular weight is 560 g/mol. The number of halogens is 1. The van der Waals surface area contributed by atoms with E-state index in [-0.39, 0.29) is 19.8 Å². The van der Waals surface area contributed by atoms with Crippen molar-refractivity contribution in [1.82, 2.24) is 0 Å². The number of methoxy groups -OCH3 is 1. The monoisotopic (exact) mass is 558 g/mol. The quantitative estimate of drug-likeness (QED) is 0.160. The number of para-hydroxylation sites is 1. The minimum atomic E-state index is -0.0868. The van der Waals surface area contributed by atoms with Crippen molar-refractivity contribution >= 4 is 27.3 Å². The van der Waals surface area contributed by atoms with Crippen LogP contribution in [0.1, 0.15) is 54.9 Å². The maximum atomic E-state index is 9.38. The Morgan fingerprint density at radius 1 is 1.03 bits per heavy atom. The van der Waals surface area contributed by atoms with E-state index in [1.807, 2.05) is 30.3 Å². The van der Waals surface area contributed by atoms with E-state index in [0.29, 0.717) is 41.8 Å². The highest BCUT2D eigenvalue weighted by molar-refractivity contribution is 9.10. The van der Waals surface area contributed by atoms with Crippen molar-refractivity contribution in [2.24, 2.45) is 0 Å². The predicted octanol–water partition coefficient (Wildman–Crippen LogP) is 6.41. The molecule has 0 aliphatic carbocycles. The van der Waals surface area contributed by atoms with Gasteiger partial charge >= 0.3 is 0 Å². The lowest BCUT2D eigenvalue weighted by atomic mass is 9.98. The zero-order chi connectivity index (χ0) is 26.5. The molecule has 0 saturated carbocycles. The van der Waals surface area contributed by atoms with Crippen LogP contribution in [0.15, 0.2) is 59.1 Å². The van der Waals surface area contributed by atoms with Gasteiger partial charge in [-0.2, -0.15) is 0 Å². The van der Waals surface area contributed by atoms with E-state index in [9.17, 15) is 5.11 Å². The summed E-state index contributed by atoms with van der Waals surface area (Å²) in [6.07, 6.45) is 1.84. The van der Waals surface area contributed by atoms with E-state index < -0.39 is 0 Å². The van der Waals surface area contributed by atoms with E-state index >= 15 is 0 Å². The number of ether oxygens (including phenoxy) is 2. The van der Waals surface area contributed by atoms with Gasteiger partial charge in [0.2, 0.25) is 0 Å². The molecule has 0 fully saturated rings. The molecule has 196 valence electrons. The van der Waals surface area contributed by atoms with Crippen LogP contribution in [0, 0.1) is 6.92 Å². The molecule has 0 spiro atoms. The van der Waals surface area contributed by atoms with Gasteiger partial charge in [-0.3, -0.25) is 0 Å². The van der Waals surface area contributed by atoms with Gasteiger partial charge in [0.1, 0.15) is 23.8 Å². The lowest BCUT2D eigenvalue weighted by Gasteiger charge is -2.18. The Labute approximate surface area is 223 Å². The van der Waals surface area contributed by atoms with E-state index in [1.54, 1.807) is 7.11 Å². The van der Waals surface area contributed by atoms with Gasteiger partial charge in [0.15, 0.2) is 0 Å². The van der Waals surface area contributed by atoms with Crippen LogP contribution in [0.25, 0.3) is 0 Å². The van der Waals surface area contributed by atoms with Crippen LogP contribution in [-0.2, 0) is 13.2 Å². The number of nitrogens with one attached hydrogen (secondary N) is 1. The number of hydrogen-bond acceptors (Lipinski definition) is 6. The summed E-state index contributed by atoms with van der Waals surface area (Å²) in [6, 6.07) is 18.0. The fourth-order valence-electron chi connectivity index (χ4n) is 3.51. The number of aliphatic hydroxyl groups is 2. The maximum Gasteiger partial charge on any atom is 0.144 e. The number of aryl methyl sites for hydroxylation is 1. The molecule has 3 aromatic carbocycles. The molecular formula is C29H39BrN2O4. The molecule has 3 rings (SSSR count). The Balaban J connectivity index is 0.000000346. The Bertz CT molecular complexity index is 1070. The Morgan fingerprint density at radius 3 is 2.33 bits per heavy atom. The molecule has 0 amide bonds. The fraction of sp³-hybridized carbons (Fsp3) is 0.379. The summed E-state index contributed by atoms with van der Waals surface area (Å²) < 4.78 is 12.0. The van der Waals surface area contributed by atoms with Crippen LogP contribution < -0.4 is 20.5 Å². The van der Waals surface area contributed by atoms with Crippen molar-refractivity contribution in [2.75, 3.05) is 31.3 Å². The third kappa shape index (κ3) is 8.43. The molecule has 0 bridgehead atoms. The largest absolute Gasteiger partial charge is 0.494 e. The summed E-state index contributed by atoms with van der Waals surface area (Å²) in [5.74, 6) is 1.93. The second-order valence-corrected chi connectivity index (χ2v) is 9.41. The SMILES string of the molecule is CCC(C)c1ccc(C)cc1.COc1cc(COc2ccccc2CO)c(Br)c(N)c1NCCCO. The van der Waals surface area contributed by atoms with Crippen molar-refractivity contribution in [2.45, 2.75) is 52.7 Å². The molecular weight excluding hydrogens is 520 g/mol. The Kier molecular flexibility index (Phi) is 12.6. The number of aliphatic hydroxyl groups excluding tert-OH is 2. The number of nitrogen functional groups attached to an aromatic ring is 1. The van der Waals surface area contributed by atoms with Gasteiger partial charge in [-0.25, -0.2) is 0 Å². The first-order chi connectivity index (χ1) is 17.4. The number of rotatable bonds is 11. The highest BCUT2D eigenvalue weighted by atomic mass is 79.9. The maximum absolute atomic E-state index is 9.38. The summed E-state index contributed by atoms with van der Waals surface area (Å²) in [7, 11) is 1.57. The van der Waals surface area contributed by atoms with Crippen LogP contribution in [0.5, 0.6) is 11.5 Å². The number of hydrogen-bond donors (Lipinski definition) is 4. The van der Waals surface area contributed by atoms with Crippen molar-refractivity contribution in [3.05, 3.63) is 81.3 Å². The van der Waals surface area contributed by atoms with Crippen LogP contribution >= 0.6 is 15.9 Å². The minimum absolute atomic E-state index is 0.0868. The van der Waals surface area contributed by atoms with Crippen molar-refractivity contribution in [3.8, 4) is 11.5 Å². The molecule has 1 unspecified atom stereocenters. The molecule has 0 aromatic heterocycles. The second kappa shape index (κ2) is 15.4. The minimum Gasteiger partial charge on any atom is -0.494 e. The first kappa shape index (κ1) is 29.5. The smallest absolute Gasteiger partial charge is 0.144 e. The Hall–Kier alpha value is -2.74. The predicted molar refractivity (Wildman–Crippen MR) is 152 cm³/mol. The summed E-state index contributed by atoms with van der Waals surface area (Å²) in [5, 5.41) is 21.5. The van der Waals surface area contributed by atoms with Crippen LogP contribution in [0.3, 0.4) is 0 Å². The van der Waals surface area contributed by atoms with Gasteiger partial charge in [0.25, 0.3) is 0 Å². The zero-order valence-corrected chi connectivity index (χ0v) is 23.3. The normalized spacial score (nSPS) is 11.3. The lowest BCUT2D eigenvalue weighted by Crippen LogP contribution is -2.09. The van der Waals surface area contributed by atoms with Crippen LogP contribution in [0.4, 0.5) is 11.4 Å². The van der Waals surface area contributed by atoms with Crippen molar-refractivity contribution < 1.29 is 19.7 Å². The molecule has 0 aliphatic rings. The molecule has 0 aliphatic heterocycles. The second-order valence-electron chi connectivity index (χ2n) is 8.62. The first-order valence-corrected chi connectivity index (χ1v) is 13.0. The first-order valence-electron chi connectivity index (χ1n) is 12.2. The summed E-state index contributed by atoms with van der Waals surface area (Å²) in [5.41, 5.74) is 11.8. The molecule has 7 heteroatoms. The fourth-order valence-corrected chi connectivity index (χ4v) is 3.94. The number of nitrogens with two attached hydrogens (primary N) is 1. The van der Waals surface area contributed by atoms with Crippen LogP contribution in [-0.4, -0.2) is 30.5 Å². The molecule has 0 heterocycles. The van der Waals surface area contributed by atoms with E-state index in [1.165, 1.54) is 17.5 Å². The molecule has 5 N–H and O–H groups in total. The van der Waals surface area contributed by atoms with Gasteiger partial charge < -0.3 is 30.7 Å².